The lowest BCUT2D eigenvalue weighted by Crippen LogP contribution is -2.41. The van der Waals surface area contributed by atoms with Crippen LogP contribution in [0.1, 0.15) is 38.3 Å². The van der Waals surface area contributed by atoms with E-state index in [1.165, 1.54) is 18.5 Å². The lowest BCUT2D eigenvalue weighted by molar-refractivity contribution is 0.308. The number of nitrogens with zero attached hydrogens (tertiary/aromatic N) is 3. The summed E-state index contributed by atoms with van der Waals surface area (Å²) in [6.45, 7) is 4.49. The van der Waals surface area contributed by atoms with Crippen LogP contribution in [0, 0.1) is 0 Å². The van der Waals surface area contributed by atoms with Crippen LogP contribution in [0.25, 0.3) is 0 Å². The number of rotatable bonds is 1. The van der Waals surface area contributed by atoms with E-state index >= 15 is 0 Å². The molecule has 78 valence electrons. The average molecular weight is 194 g/mol. The minimum atomic E-state index is 0.596. The fourth-order valence-electron chi connectivity index (χ4n) is 2.48. The number of nitrogens with one attached hydrogen (secondary N) is 1. The highest BCUT2D eigenvalue weighted by Gasteiger charge is 2.26. The Morgan fingerprint density at radius 2 is 2.00 bits per heavy atom. The molecule has 2 heterocycles. The SMILES string of the molecule is CC1CC(c2cnnn2C)CC(C)N1. The third-order valence-corrected chi connectivity index (χ3v) is 3.01. The van der Waals surface area contributed by atoms with Gasteiger partial charge in [-0.05, 0) is 26.7 Å². The quantitative estimate of drug-likeness (QED) is 0.727. The van der Waals surface area contributed by atoms with Crippen molar-refractivity contribution in [3.8, 4) is 0 Å². The van der Waals surface area contributed by atoms with Crippen molar-refractivity contribution in [2.45, 2.75) is 44.7 Å². The van der Waals surface area contributed by atoms with Gasteiger partial charge in [-0.2, -0.15) is 0 Å². The molecule has 0 radical (unpaired) electrons. The molecule has 0 saturated carbocycles. The Morgan fingerprint density at radius 1 is 1.36 bits per heavy atom. The van der Waals surface area contributed by atoms with Gasteiger partial charge < -0.3 is 5.32 Å². The van der Waals surface area contributed by atoms with E-state index in [9.17, 15) is 0 Å². The van der Waals surface area contributed by atoms with Gasteiger partial charge in [0.1, 0.15) is 0 Å². The second-order valence-electron chi connectivity index (χ2n) is 4.42. The molecule has 0 spiro atoms. The van der Waals surface area contributed by atoms with Crippen LogP contribution in [0.3, 0.4) is 0 Å². The molecule has 1 fully saturated rings. The summed E-state index contributed by atoms with van der Waals surface area (Å²) < 4.78 is 1.90. The van der Waals surface area contributed by atoms with Crippen molar-refractivity contribution >= 4 is 0 Å². The minimum Gasteiger partial charge on any atom is -0.312 e. The van der Waals surface area contributed by atoms with Gasteiger partial charge in [-0.25, -0.2) is 0 Å². The molecule has 0 amide bonds. The Labute approximate surface area is 84.7 Å². The molecule has 0 aromatic carbocycles. The number of aromatic nitrogens is 3. The third kappa shape index (κ3) is 1.80. The van der Waals surface area contributed by atoms with Crippen LogP contribution in [-0.4, -0.2) is 27.1 Å². The predicted molar refractivity (Wildman–Crippen MR) is 55.0 cm³/mol. The van der Waals surface area contributed by atoms with Gasteiger partial charge in [0.05, 0.1) is 11.9 Å². The maximum Gasteiger partial charge on any atom is 0.0727 e. The maximum absolute atomic E-state index is 3.99. The summed E-state index contributed by atoms with van der Waals surface area (Å²) in [5, 5.41) is 11.5. The lowest BCUT2D eigenvalue weighted by atomic mass is 9.87. The molecule has 0 bridgehead atoms. The molecule has 2 rings (SSSR count). The van der Waals surface area contributed by atoms with Gasteiger partial charge in [-0.3, -0.25) is 4.68 Å². The normalized spacial score (nSPS) is 33.2. The molecule has 1 aromatic heterocycles. The molecule has 1 aromatic rings. The fraction of sp³-hybridized carbons (Fsp3) is 0.800. The highest BCUT2D eigenvalue weighted by Crippen LogP contribution is 2.28. The molecule has 4 heteroatoms. The number of piperidine rings is 1. The Bertz CT molecular complexity index is 297. The van der Waals surface area contributed by atoms with E-state index in [2.05, 4.69) is 29.5 Å². The van der Waals surface area contributed by atoms with E-state index in [-0.39, 0.29) is 0 Å². The van der Waals surface area contributed by atoms with Crippen molar-refractivity contribution in [3.63, 3.8) is 0 Å². The van der Waals surface area contributed by atoms with Crippen LogP contribution in [0.2, 0.25) is 0 Å². The standard InChI is InChI=1S/C10H18N4/c1-7-4-9(5-8(2)12-7)10-6-11-13-14(10)3/h6-9,12H,4-5H2,1-3H3. The van der Waals surface area contributed by atoms with E-state index in [1.54, 1.807) is 0 Å². The minimum absolute atomic E-state index is 0.596. The van der Waals surface area contributed by atoms with Gasteiger partial charge >= 0.3 is 0 Å². The average Bonchev–Trinajstić information content (AvgIpc) is 2.49. The first-order valence-corrected chi connectivity index (χ1v) is 5.27. The van der Waals surface area contributed by atoms with Gasteiger partial charge in [0, 0.05) is 25.0 Å². The molecule has 1 N–H and O–H groups in total. The zero-order valence-corrected chi connectivity index (χ0v) is 9.07. The van der Waals surface area contributed by atoms with Crippen LogP contribution in [0.4, 0.5) is 0 Å². The van der Waals surface area contributed by atoms with E-state index in [4.69, 9.17) is 0 Å². The summed E-state index contributed by atoms with van der Waals surface area (Å²) in [6, 6.07) is 1.19. The highest BCUT2D eigenvalue weighted by atomic mass is 15.4. The summed E-state index contributed by atoms with van der Waals surface area (Å²) in [7, 11) is 1.97. The lowest BCUT2D eigenvalue weighted by Gasteiger charge is -2.32. The summed E-state index contributed by atoms with van der Waals surface area (Å²) in [5.74, 6) is 0.612. The van der Waals surface area contributed by atoms with Crippen molar-refractivity contribution in [2.75, 3.05) is 0 Å². The van der Waals surface area contributed by atoms with Crippen LogP contribution < -0.4 is 5.32 Å². The first kappa shape index (κ1) is 9.65. The smallest absolute Gasteiger partial charge is 0.0727 e. The number of hydrogen-bond acceptors (Lipinski definition) is 3. The van der Waals surface area contributed by atoms with Crippen LogP contribution in [-0.2, 0) is 7.05 Å². The van der Waals surface area contributed by atoms with Gasteiger partial charge in [-0.15, -0.1) is 5.10 Å². The molecule has 0 aliphatic carbocycles. The molecule has 2 atom stereocenters. The Balaban J connectivity index is 2.15. The van der Waals surface area contributed by atoms with Crippen molar-refractivity contribution < 1.29 is 0 Å². The van der Waals surface area contributed by atoms with E-state index in [0.29, 0.717) is 18.0 Å². The van der Waals surface area contributed by atoms with E-state index < -0.39 is 0 Å². The van der Waals surface area contributed by atoms with Gasteiger partial charge in [0.15, 0.2) is 0 Å². The van der Waals surface area contributed by atoms with Crippen LogP contribution >= 0.6 is 0 Å². The van der Waals surface area contributed by atoms with Gasteiger partial charge in [0.2, 0.25) is 0 Å². The number of aryl methyl sites for hydroxylation is 1. The molecule has 4 nitrogen and oxygen atoms in total. The Hall–Kier alpha value is -0.900. The number of hydrogen-bond donors (Lipinski definition) is 1. The van der Waals surface area contributed by atoms with Gasteiger partial charge in [0.25, 0.3) is 0 Å². The fourth-order valence-corrected chi connectivity index (χ4v) is 2.48. The first-order valence-electron chi connectivity index (χ1n) is 5.27. The zero-order chi connectivity index (χ0) is 10.1. The first-order chi connectivity index (χ1) is 6.66. The van der Waals surface area contributed by atoms with E-state index in [0.717, 1.165) is 0 Å². The molecular formula is C10H18N4. The summed E-state index contributed by atoms with van der Waals surface area (Å²) in [4.78, 5) is 0. The second-order valence-corrected chi connectivity index (χ2v) is 4.42. The Morgan fingerprint density at radius 3 is 2.50 bits per heavy atom. The largest absolute Gasteiger partial charge is 0.312 e. The van der Waals surface area contributed by atoms with Crippen molar-refractivity contribution in [2.24, 2.45) is 7.05 Å². The Kier molecular flexibility index (Phi) is 2.54. The summed E-state index contributed by atoms with van der Waals surface area (Å²) in [6.07, 6.45) is 4.27. The summed E-state index contributed by atoms with van der Waals surface area (Å²) >= 11 is 0. The van der Waals surface area contributed by atoms with Crippen molar-refractivity contribution in [1.29, 1.82) is 0 Å². The monoisotopic (exact) mass is 194 g/mol. The third-order valence-electron chi connectivity index (χ3n) is 3.01. The topological polar surface area (TPSA) is 42.7 Å². The van der Waals surface area contributed by atoms with Gasteiger partial charge in [-0.1, -0.05) is 5.21 Å². The maximum atomic E-state index is 3.99. The summed E-state index contributed by atoms with van der Waals surface area (Å²) in [5.41, 5.74) is 1.27. The molecule has 1 saturated heterocycles. The van der Waals surface area contributed by atoms with Crippen LogP contribution in [0.15, 0.2) is 6.20 Å². The molecule has 1 aliphatic heterocycles. The highest BCUT2D eigenvalue weighted by molar-refractivity contribution is 5.06. The van der Waals surface area contributed by atoms with Crippen molar-refractivity contribution in [3.05, 3.63) is 11.9 Å². The molecule has 1 aliphatic rings. The molecule has 14 heavy (non-hydrogen) atoms. The van der Waals surface area contributed by atoms with E-state index in [1.807, 2.05) is 17.9 Å². The molecule has 2 unspecified atom stereocenters. The zero-order valence-electron chi connectivity index (χ0n) is 9.07. The molecular weight excluding hydrogens is 176 g/mol. The second kappa shape index (κ2) is 3.69. The van der Waals surface area contributed by atoms with Crippen molar-refractivity contribution in [1.82, 2.24) is 20.3 Å². The van der Waals surface area contributed by atoms with Crippen LogP contribution in [0.5, 0.6) is 0 Å². The predicted octanol–water partition coefficient (Wildman–Crippen LogP) is 1.06.